The monoisotopic (exact) mass is 287 g/mol. The molecule has 1 aromatic carbocycles. The largest absolute Gasteiger partial charge is 0.340 e. The van der Waals surface area contributed by atoms with Crippen molar-refractivity contribution in [3.63, 3.8) is 0 Å². The van der Waals surface area contributed by atoms with Crippen molar-refractivity contribution in [2.75, 3.05) is 32.7 Å². The third kappa shape index (κ3) is 3.24. The molecular formula is C16H21N3O2. The van der Waals surface area contributed by atoms with Crippen LogP contribution in [0.5, 0.6) is 0 Å². The molecular weight excluding hydrogens is 266 g/mol. The van der Waals surface area contributed by atoms with Gasteiger partial charge in [-0.25, -0.2) is 0 Å². The first kappa shape index (κ1) is 14.1. The van der Waals surface area contributed by atoms with Gasteiger partial charge in [-0.3, -0.25) is 9.59 Å². The molecule has 2 saturated heterocycles. The zero-order chi connectivity index (χ0) is 14.7. The molecule has 0 radical (unpaired) electrons. The molecule has 0 spiro atoms. The van der Waals surface area contributed by atoms with E-state index in [4.69, 9.17) is 0 Å². The lowest BCUT2D eigenvalue weighted by Gasteiger charge is -2.29. The van der Waals surface area contributed by atoms with Gasteiger partial charge in [-0.2, -0.15) is 0 Å². The Labute approximate surface area is 124 Å². The second kappa shape index (κ2) is 6.26. The van der Waals surface area contributed by atoms with E-state index in [0.717, 1.165) is 31.7 Å². The molecule has 1 N–H and O–H groups in total. The van der Waals surface area contributed by atoms with Gasteiger partial charge in [0.05, 0.1) is 5.92 Å². The maximum Gasteiger partial charge on any atom is 0.228 e. The Bertz CT molecular complexity index is 512. The van der Waals surface area contributed by atoms with Crippen LogP contribution in [0.25, 0.3) is 0 Å². The maximum atomic E-state index is 12.5. The van der Waals surface area contributed by atoms with Crippen LogP contribution in [0.3, 0.4) is 0 Å². The van der Waals surface area contributed by atoms with Gasteiger partial charge in [0.2, 0.25) is 11.8 Å². The predicted molar refractivity (Wildman–Crippen MR) is 79.4 cm³/mol. The highest BCUT2D eigenvalue weighted by Crippen LogP contribution is 2.22. The van der Waals surface area contributed by atoms with Crippen LogP contribution in [0.4, 0.5) is 0 Å². The van der Waals surface area contributed by atoms with Crippen LogP contribution in [0.2, 0.25) is 0 Å². The van der Waals surface area contributed by atoms with Gasteiger partial charge >= 0.3 is 0 Å². The zero-order valence-corrected chi connectivity index (χ0v) is 12.1. The van der Waals surface area contributed by atoms with Crippen molar-refractivity contribution in [2.24, 2.45) is 5.92 Å². The number of likely N-dealkylation sites (tertiary alicyclic amines) is 1. The number of hydrogen-bond acceptors (Lipinski definition) is 3. The van der Waals surface area contributed by atoms with E-state index in [-0.39, 0.29) is 17.7 Å². The van der Waals surface area contributed by atoms with E-state index in [9.17, 15) is 9.59 Å². The second-order valence-corrected chi connectivity index (χ2v) is 5.74. The second-order valence-electron chi connectivity index (χ2n) is 5.74. The topological polar surface area (TPSA) is 52.7 Å². The summed E-state index contributed by atoms with van der Waals surface area (Å²) in [5.41, 5.74) is 1.11. The molecule has 0 saturated carbocycles. The molecule has 112 valence electrons. The Kier molecular flexibility index (Phi) is 4.20. The number of piperazine rings is 1. The number of amides is 2. The SMILES string of the molecule is O=C1CC(C(=O)N2CCNCC2)CN1Cc1ccccc1. The summed E-state index contributed by atoms with van der Waals surface area (Å²) >= 11 is 0. The van der Waals surface area contributed by atoms with E-state index in [0.29, 0.717) is 19.5 Å². The Morgan fingerprint density at radius 1 is 1.19 bits per heavy atom. The number of nitrogens with one attached hydrogen (secondary N) is 1. The average Bonchev–Trinajstić information content (AvgIpc) is 2.89. The number of carbonyl (C=O) groups excluding carboxylic acids is 2. The highest BCUT2D eigenvalue weighted by molar-refractivity contribution is 5.89. The molecule has 5 heteroatoms. The fourth-order valence-corrected chi connectivity index (χ4v) is 3.04. The summed E-state index contributed by atoms with van der Waals surface area (Å²) in [7, 11) is 0. The summed E-state index contributed by atoms with van der Waals surface area (Å²) in [6.07, 6.45) is 0.357. The molecule has 1 atom stereocenters. The highest BCUT2D eigenvalue weighted by Gasteiger charge is 2.36. The summed E-state index contributed by atoms with van der Waals surface area (Å²) < 4.78 is 0. The minimum absolute atomic E-state index is 0.0901. The van der Waals surface area contributed by atoms with Crippen molar-refractivity contribution in [2.45, 2.75) is 13.0 Å². The molecule has 2 heterocycles. The third-order valence-corrected chi connectivity index (χ3v) is 4.21. The van der Waals surface area contributed by atoms with Gasteiger partial charge in [-0.1, -0.05) is 30.3 Å². The molecule has 0 aromatic heterocycles. The van der Waals surface area contributed by atoms with Crippen LogP contribution >= 0.6 is 0 Å². The van der Waals surface area contributed by atoms with Gasteiger partial charge in [0.1, 0.15) is 0 Å². The minimum Gasteiger partial charge on any atom is -0.340 e. The van der Waals surface area contributed by atoms with Crippen LogP contribution in [0.1, 0.15) is 12.0 Å². The number of hydrogen-bond donors (Lipinski definition) is 1. The normalized spacial score (nSPS) is 22.7. The van der Waals surface area contributed by atoms with Crippen molar-refractivity contribution >= 4 is 11.8 Å². The third-order valence-electron chi connectivity index (χ3n) is 4.21. The van der Waals surface area contributed by atoms with Gasteiger partial charge in [-0.15, -0.1) is 0 Å². The smallest absolute Gasteiger partial charge is 0.228 e. The fourth-order valence-electron chi connectivity index (χ4n) is 3.04. The van der Waals surface area contributed by atoms with Crippen molar-refractivity contribution in [1.82, 2.24) is 15.1 Å². The maximum absolute atomic E-state index is 12.5. The van der Waals surface area contributed by atoms with Crippen LogP contribution in [0, 0.1) is 5.92 Å². The molecule has 2 amide bonds. The Hall–Kier alpha value is -1.88. The van der Waals surface area contributed by atoms with E-state index in [2.05, 4.69) is 5.32 Å². The average molecular weight is 287 g/mol. The standard InChI is InChI=1S/C16H21N3O2/c20-15-10-14(16(21)18-8-6-17-7-9-18)12-19(15)11-13-4-2-1-3-5-13/h1-5,14,17H,6-12H2. The van der Waals surface area contributed by atoms with E-state index in [1.165, 1.54) is 0 Å². The number of rotatable bonds is 3. The van der Waals surface area contributed by atoms with Crippen LogP contribution in [-0.2, 0) is 16.1 Å². The van der Waals surface area contributed by atoms with Gasteiger partial charge in [0.25, 0.3) is 0 Å². The highest BCUT2D eigenvalue weighted by atomic mass is 16.2. The van der Waals surface area contributed by atoms with Gasteiger partial charge in [-0.05, 0) is 5.56 Å². The molecule has 2 fully saturated rings. The molecule has 21 heavy (non-hydrogen) atoms. The lowest BCUT2D eigenvalue weighted by Crippen LogP contribution is -2.48. The molecule has 1 aromatic rings. The summed E-state index contributed by atoms with van der Waals surface area (Å²) in [6, 6.07) is 9.93. The molecule has 3 rings (SSSR count). The first-order valence-electron chi connectivity index (χ1n) is 7.55. The number of benzene rings is 1. The quantitative estimate of drug-likeness (QED) is 0.879. The number of nitrogens with zero attached hydrogens (tertiary/aromatic N) is 2. The van der Waals surface area contributed by atoms with Gasteiger partial charge in [0.15, 0.2) is 0 Å². The number of carbonyl (C=O) groups is 2. The molecule has 2 aliphatic heterocycles. The summed E-state index contributed by atoms with van der Waals surface area (Å²) in [5, 5.41) is 3.24. The first-order valence-corrected chi connectivity index (χ1v) is 7.55. The van der Waals surface area contributed by atoms with E-state index in [1.54, 1.807) is 4.90 Å². The first-order chi connectivity index (χ1) is 10.2. The lowest BCUT2D eigenvalue weighted by atomic mass is 10.1. The molecule has 5 nitrogen and oxygen atoms in total. The van der Waals surface area contributed by atoms with E-state index in [1.807, 2.05) is 35.2 Å². The Morgan fingerprint density at radius 2 is 1.90 bits per heavy atom. The van der Waals surface area contributed by atoms with Gasteiger partial charge < -0.3 is 15.1 Å². The van der Waals surface area contributed by atoms with Crippen LogP contribution in [-0.4, -0.2) is 54.3 Å². The van der Waals surface area contributed by atoms with Crippen LogP contribution < -0.4 is 5.32 Å². The van der Waals surface area contributed by atoms with E-state index >= 15 is 0 Å². The van der Waals surface area contributed by atoms with Crippen molar-refractivity contribution < 1.29 is 9.59 Å². The fraction of sp³-hybridized carbons (Fsp3) is 0.500. The Morgan fingerprint density at radius 3 is 2.62 bits per heavy atom. The summed E-state index contributed by atoms with van der Waals surface area (Å²) in [5.74, 6) is 0.0621. The summed E-state index contributed by atoms with van der Waals surface area (Å²) in [6.45, 7) is 4.35. The molecule has 2 aliphatic rings. The Balaban J connectivity index is 1.60. The molecule has 0 aliphatic carbocycles. The minimum atomic E-state index is -0.167. The van der Waals surface area contributed by atoms with E-state index < -0.39 is 0 Å². The predicted octanol–water partition coefficient (Wildman–Crippen LogP) is 0.467. The van der Waals surface area contributed by atoms with Gasteiger partial charge in [0, 0.05) is 45.7 Å². The summed E-state index contributed by atoms with van der Waals surface area (Å²) in [4.78, 5) is 28.3. The lowest BCUT2D eigenvalue weighted by molar-refractivity contribution is -0.136. The van der Waals surface area contributed by atoms with Crippen LogP contribution in [0.15, 0.2) is 30.3 Å². The zero-order valence-electron chi connectivity index (χ0n) is 12.1. The van der Waals surface area contributed by atoms with Crippen molar-refractivity contribution in [3.05, 3.63) is 35.9 Å². The molecule has 0 bridgehead atoms. The molecule has 1 unspecified atom stereocenters. The van der Waals surface area contributed by atoms with Crippen molar-refractivity contribution in [1.29, 1.82) is 0 Å². The van der Waals surface area contributed by atoms with Crippen molar-refractivity contribution in [3.8, 4) is 0 Å².